The molecule has 0 aliphatic heterocycles. The van der Waals surface area contributed by atoms with Crippen LogP contribution >= 0.6 is 27.7 Å². The van der Waals surface area contributed by atoms with Crippen LogP contribution in [0.1, 0.15) is 6.92 Å². The Labute approximate surface area is 116 Å². The Bertz CT molecular complexity index is 469. The summed E-state index contributed by atoms with van der Waals surface area (Å²) in [4.78, 5) is 25.5. The van der Waals surface area contributed by atoms with Crippen LogP contribution in [0.5, 0.6) is 0 Å². The van der Waals surface area contributed by atoms with E-state index in [1.54, 1.807) is 6.92 Å². The zero-order valence-electron chi connectivity index (χ0n) is 9.75. The zero-order valence-corrected chi connectivity index (χ0v) is 12.2. The Morgan fingerprint density at radius 2 is 2.39 bits per heavy atom. The monoisotopic (exact) mass is 334 g/mol. The molecule has 0 saturated heterocycles. The summed E-state index contributed by atoms with van der Waals surface area (Å²) in [5.41, 5.74) is -0.0774. The fourth-order valence-corrected chi connectivity index (χ4v) is 2.40. The molecule has 98 valence electrons. The number of pyridine rings is 1. The van der Waals surface area contributed by atoms with E-state index in [1.807, 2.05) is 0 Å². The average Bonchev–Trinajstić information content (AvgIpc) is 2.35. The van der Waals surface area contributed by atoms with Gasteiger partial charge in [-0.1, -0.05) is 18.7 Å². The third kappa shape index (κ3) is 3.95. The number of halogens is 1. The molecule has 0 bridgehead atoms. The van der Waals surface area contributed by atoms with Gasteiger partial charge < -0.3 is 4.74 Å². The first-order valence-corrected chi connectivity index (χ1v) is 6.74. The topological polar surface area (TPSA) is 82.3 Å². The Kier molecular flexibility index (Phi) is 5.54. The van der Waals surface area contributed by atoms with Gasteiger partial charge in [0.25, 0.3) is 0 Å². The number of hydrogen-bond acceptors (Lipinski definition) is 6. The van der Waals surface area contributed by atoms with Crippen LogP contribution in [-0.4, -0.2) is 28.7 Å². The van der Waals surface area contributed by atoms with Gasteiger partial charge in [0.2, 0.25) is 0 Å². The summed E-state index contributed by atoms with van der Waals surface area (Å²) in [6.07, 6.45) is 1.48. The molecule has 0 N–H and O–H groups in total. The van der Waals surface area contributed by atoms with Crippen LogP contribution in [0.25, 0.3) is 0 Å². The molecule has 0 radical (unpaired) electrons. The molecule has 8 heteroatoms. The van der Waals surface area contributed by atoms with Gasteiger partial charge in [0.05, 0.1) is 18.0 Å². The highest BCUT2D eigenvalue weighted by atomic mass is 79.9. The molecule has 1 rings (SSSR count). The molecule has 0 aliphatic carbocycles. The minimum absolute atomic E-state index is 0.0774. The van der Waals surface area contributed by atoms with Crippen molar-refractivity contribution >= 4 is 39.3 Å². The van der Waals surface area contributed by atoms with Crippen molar-refractivity contribution < 1.29 is 14.5 Å². The van der Waals surface area contributed by atoms with E-state index < -0.39 is 4.92 Å². The maximum atomic E-state index is 11.2. The third-order valence-corrected chi connectivity index (χ3v) is 3.76. The number of thioether (sulfide) groups is 1. The Balaban J connectivity index is 2.79. The van der Waals surface area contributed by atoms with Crippen LogP contribution in [0.4, 0.5) is 5.69 Å². The molecule has 0 amide bonds. The molecule has 0 aromatic carbocycles. The van der Waals surface area contributed by atoms with Gasteiger partial charge in [-0.3, -0.25) is 14.9 Å². The molecule has 1 unspecified atom stereocenters. The molecule has 0 saturated carbocycles. The maximum absolute atomic E-state index is 11.2. The number of carbonyl (C=O) groups is 1. The normalized spacial score (nSPS) is 11.9. The van der Waals surface area contributed by atoms with Crippen molar-refractivity contribution in [2.45, 2.75) is 11.9 Å². The first-order valence-electron chi connectivity index (χ1n) is 4.96. The molecular weight excluding hydrogens is 324 g/mol. The second-order valence-electron chi connectivity index (χ2n) is 3.47. The highest BCUT2D eigenvalue weighted by Gasteiger charge is 2.19. The molecule has 0 aliphatic rings. The second-order valence-corrected chi connectivity index (χ2v) is 5.39. The zero-order chi connectivity index (χ0) is 13.7. The van der Waals surface area contributed by atoms with E-state index in [2.05, 4.69) is 25.7 Å². The van der Waals surface area contributed by atoms with E-state index in [0.29, 0.717) is 15.3 Å². The molecular formula is C10H11BrN2O4S. The van der Waals surface area contributed by atoms with Crippen molar-refractivity contribution in [3.63, 3.8) is 0 Å². The number of carbonyl (C=O) groups excluding carboxylic acids is 1. The lowest BCUT2D eigenvalue weighted by Crippen LogP contribution is -2.15. The lowest BCUT2D eigenvalue weighted by Gasteiger charge is -2.08. The van der Waals surface area contributed by atoms with Crippen molar-refractivity contribution in [3.8, 4) is 0 Å². The Hall–Kier alpha value is -1.15. The molecule has 18 heavy (non-hydrogen) atoms. The number of nitro groups is 1. The van der Waals surface area contributed by atoms with Crippen molar-refractivity contribution in [2.24, 2.45) is 5.92 Å². The van der Waals surface area contributed by atoms with Crippen LogP contribution in [0.15, 0.2) is 21.8 Å². The quantitative estimate of drug-likeness (QED) is 0.356. The minimum atomic E-state index is -0.497. The first kappa shape index (κ1) is 14.9. The van der Waals surface area contributed by atoms with Gasteiger partial charge in [-0.25, -0.2) is 4.98 Å². The predicted octanol–water partition coefficient (Wildman–Crippen LogP) is 2.65. The first-order chi connectivity index (χ1) is 8.45. The predicted molar refractivity (Wildman–Crippen MR) is 70.5 cm³/mol. The molecule has 1 aromatic heterocycles. The molecule has 0 spiro atoms. The summed E-state index contributed by atoms with van der Waals surface area (Å²) < 4.78 is 5.12. The number of ether oxygens (including phenoxy) is 1. The molecule has 1 atom stereocenters. The number of methoxy groups -OCH3 is 1. The lowest BCUT2D eigenvalue weighted by molar-refractivity contribution is -0.388. The largest absolute Gasteiger partial charge is 0.469 e. The maximum Gasteiger partial charge on any atom is 0.309 e. The highest BCUT2D eigenvalue weighted by Crippen LogP contribution is 2.30. The number of rotatable bonds is 5. The van der Waals surface area contributed by atoms with Crippen LogP contribution in [0.3, 0.4) is 0 Å². The number of aromatic nitrogens is 1. The minimum Gasteiger partial charge on any atom is -0.469 e. The smallest absolute Gasteiger partial charge is 0.309 e. The van der Waals surface area contributed by atoms with E-state index >= 15 is 0 Å². The van der Waals surface area contributed by atoms with Crippen LogP contribution in [0, 0.1) is 16.0 Å². The van der Waals surface area contributed by atoms with Crippen molar-refractivity contribution in [2.75, 3.05) is 12.9 Å². The van der Waals surface area contributed by atoms with Crippen molar-refractivity contribution in [1.82, 2.24) is 4.98 Å². The SMILES string of the molecule is COC(=O)C(C)CSc1ncc(Br)cc1[N+](=O)[O-]. The van der Waals surface area contributed by atoms with Crippen LogP contribution < -0.4 is 0 Å². The van der Waals surface area contributed by atoms with Gasteiger partial charge in [-0.15, -0.1) is 0 Å². The Morgan fingerprint density at radius 1 is 1.72 bits per heavy atom. The standard InChI is InChI=1S/C10H11BrN2O4S/c1-6(10(14)17-2)5-18-9-8(13(15)16)3-7(11)4-12-9/h3-4,6H,5H2,1-2H3. The lowest BCUT2D eigenvalue weighted by atomic mass is 10.2. The van der Waals surface area contributed by atoms with Gasteiger partial charge in [0, 0.05) is 22.5 Å². The third-order valence-electron chi connectivity index (χ3n) is 2.07. The van der Waals surface area contributed by atoms with Gasteiger partial charge in [0.1, 0.15) is 0 Å². The Morgan fingerprint density at radius 3 is 2.94 bits per heavy atom. The van der Waals surface area contributed by atoms with Gasteiger partial charge >= 0.3 is 11.7 Å². The summed E-state index contributed by atoms with van der Waals surface area (Å²) in [6, 6.07) is 1.39. The van der Waals surface area contributed by atoms with E-state index in [9.17, 15) is 14.9 Å². The fraction of sp³-hybridized carbons (Fsp3) is 0.400. The molecule has 0 fully saturated rings. The second kappa shape index (κ2) is 6.69. The molecule has 6 nitrogen and oxygen atoms in total. The molecule has 1 aromatic rings. The molecule has 1 heterocycles. The summed E-state index contributed by atoms with van der Waals surface area (Å²) in [6.45, 7) is 1.70. The van der Waals surface area contributed by atoms with E-state index in [0.717, 1.165) is 11.8 Å². The number of esters is 1. The van der Waals surface area contributed by atoms with Crippen molar-refractivity contribution in [1.29, 1.82) is 0 Å². The highest BCUT2D eigenvalue weighted by molar-refractivity contribution is 9.10. The summed E-state index contributed by atoms with van der Waals surface area (Å²) >= 11 is 4.29. The summed E-state index contributed by atoms with van der Waals surface area (Å²) in [5.74, 6) is -0.311. The van der Waals surface area contributed by atoms with E-state index in [4.69, 9.17) is 0 Å². The average molecular weight is 335 g/mol. The van der Waals surface area contributed by atoms with E-state index in [-0.39, 0.29) is 17.6 Å². The number of hydrogen-bond donors (Lipinski definition) is 0. The van der Waals surface area contributed by atoms with E-state index in [1.165, 1.54) is 19.4 Å². The van der Waals surface area contributed by atoms with Gasteiger partial charge in [-0.2, -0.15) is 0 Å². The van der Waals surface area contributed by atoms with Crippen LogP contribution in [-0.2, 0) is 9.53 Å². The summed E-state index contributed by atoms with van der Waals surface area (Å²) in [5, 5.41) is 11.1. The van der Waals surface area contributed by atoms with Crippen molar-refractivity contribution in [3.05, 3.63) is 26.9 Å². The van der Waals surface area contributed by atoms with Crippen LogP contribution in [0.2, 0.25) is 0 Å². The summed E-state index contributed by atoms with van der Waals surface area (Å²) in [7, 11) is 1.31. The van der Waals surface area contributed by atoms with Gasteiger partial charge in [-0.05, 0) is 15.9 Å². The fourth-order valence-electron chi connectivity index (χ4n) is 1.13. The van der Waals surface area contributed by atoms with Gasteiger partial charge in [0.15, 0.2) is 5.03 Å². The number of nitrogens with zero attached hydrogens (tertiary/aromatic N) is 2.